The van der Waals surface area contributed by atoms with Gasteiger partial charge in [-0.2, -0.15) is 0 Å². The number of rotatable bonds is 6. The van der Waals surface area contributed by atoms with E-state index in [1.54, 1.807) is 36.4 Å². The fourth-order valence-corrected chi connectivity index (χ4v) is 3.03. The molecule has 0 spiro atoms. The maximum Gasteiger partial charge on any atom is 0.305 e. The highest BCUT2D eigenvalue weighted by Gasteiger charge is 2.40. The molecule has 6 nitrogen and oxygen atoms in total. The Labute approximate surface area is 144 Å². The normalized spacial score (nSPS) is 15.2. The van der Waals surface area contributed by atoms with Gasteiger partial charge in [0, 0.05) is 11.1 Å². The molecule has 0 radical (unpaired) electrons. The zero-order valence-corrected chi connectivity index (χ0v) is 13.9. The monoisotopic (exact) mass is 341 g/mol. The van der Waals surface area contributed by atoms with Crippen molar-refractivity contribution in [2.45, 2.75) is 38.1 Å². The Bertz CT molecular complexity index is 815. The van der Waals surface area contributed by atoms with Crippen LogP contribution in [0.1, 0.15) is 53.5 Å². The van der Waals surface area contributed by atoms with Gasteiger partial charge in [-0.15, -0.1) is 0 Å². The number of carboxylic acids is 1. The summed E-state index contributed by atoms with van der Waals surface area (Å²) < 4.78 is 5.61. The summed E-state index contributed by atoms with van der Waals surface area (Å²) in [5, 5.41) is 11.8. The van der Waals surface area contributed by atoms with Crippen molar-refractivity contribution in [2.24, 2.45) is 0 Å². The molecular weight excluding hydrogens is 322 g/mol. The summed E-state index contributed by atoms with van der Waals surface area (Å²) in [6.07, 6.45) is 2.13. The summed E-state index contributed by atoms with van der Waals surface area (Å²) in [6.45, 7) is 1.50. The van der Waals surface area contributed by atoms with Crippen LogP contribution in [0.2, 0.25) is 0 Å². The molecule has 130 valence electrons. The summed E-state index contributed by atoms with van der Waals surface area (Å²) in [6, 6.07) is 10.2. The van der Waals surface area contributed by atoms with Crippen LogP contribution in [0, 0.1) is 0 Å². The number of carbonyl (C=O) groups is 3. The van der Waals surface area contributed by atoms with Gasteiger partial charge in [-0.1, -0.05) is 24.3 Å². The molecule has 1 fully saturated rings. The maximum atomic E-state index is 12.4. The molecule has 1 saturated carbocycles. The number of benzene rings is 1. The maximum absolute atomic E-state index is 12.4. The summed E-state index contributed by atoms with van der Waals surface area (Å²) in [4.78, 5) is 34.7. The molecule has 0 bridgehead atoms. The minimum absolute atomic E-state index is 0.0183. The van der Waals surface area contributed by atoms with Crippen molar-refractivity contribution in [3.63, 3.8) is 0 Å². The van der Waals surface area contributed by atoms with E-state index in [0.717, 1.165) is 12.0 Å². The molecule has 0 atom stereocenters. The number of hydrogen-bond acceptors (Lipinski definition) is 4. The predicted molar refractivity (Wildman–Crippen MR) is 90.4 cm³/mol. The summed E-state index contributed by atoms with van der Waals surface area (Å²) >= 11 is 0. The van der Waals surface area contributed by atoms with E-state index in [2.05, 4.69) is 5.32 Å². The standard InChI is InChI=1S/C19H19NO5/c1-12(21)13-3-5-14(6-4-13)15-7-8-16(25-15)18(24)20-19(9-2-10-19)11-17(22)23/h3-8H,2,9-11H2,1H3,(H,20,24)(H,22,23). The van der Waals surface area contributed by atoms with Crippen LogP contribution in [0.3, 0.4) is 0 Å². The van der Waals surface area contributed by atoms with Crippen molar-refractivity contribution < 1.29 is 23.9 Å². The van der Waals surface area contributed by atoms with Gasteiger partial charge in [0.25, 0.3) is 5.91 Å². The van der Waals surface area contributed by atoms with Gasteiger partial charge in [0.1, 0.15) is 5.76 Å². The molecule has 2 N–H and O–H groups in total. The molecule has 1 aromatic carbocycles. The Morgan fingerprint density at radius 3 is 2.32 bits per heavy atom. The molecule has 0 unspecified atom stereocenters. The van der Waals surface area contributed by atoms with E-state index in [9.17, 15) is 14.4 Å². The Kier molecular flexibility index (Phi) is 4.44. The van der Waals surface area contributed by atoms with Crippen molar-refractivity contribution in [1.82, 2.24) is 5.32 Å². The molecule has 1 heterocycles. The topological polar surface area (TPSA) is 96.6 Å². The van der Waals surface area contributed by atoms with E-state index in [4.69, 9.17) is 9.52 Å². The lowest BCUT2D eigenvalue weighted by atomic mass is 9.74. The second-order valence-electron chi connectivity index (χ2n) is 6.46. The third-order valence-corrected chi connectivity index (χ3v) is 4.58. The van der Waals surface area contributed by atoms with E-state index >= 15 is 0 Å². The number of carboxylic acid groups (broad SMARTS) is 1. The first-order valence-electron chi connectivity index (χ1n) is 8.14. The van der Waals surface area contributed by atoms with Crippen LogP contribution in [0.4, 0.5) is 0 Å². The molecule has 1 aromatic heterocycles. The highest BCUT2D eigenvalue weighted by molar-refractivity contribution is 5.95. The van der Waals surface area contributed by atoms with Crippen LogP contribution >= 0.6 is 0 Å². The van der Waals surface area contributed by atoms with E-state index in [-0.39, 0.29) is 18.0 Å². The Hall–Kier alpha value is -2.89. The van der Waals surface area contributed by atoms with Crippen molar-refractivity contribution in [3.05, 3.63) is 47.7 Å². The predicted octanol–water partition coefficient (Wildman–Crippen LogP) is 3.28. The Morgan fingerprint density at radius 2 is 1.80 bits per heavy atom. The molecule has 6 heteroatoms. The number of hydrogen-bond donors (Lipinski definition) is 2. The number of ketones is 1. The van der Waals surface area contributed by atoms with E-state index in [0.29, 0.717) is 24.2 Å². The molecule has 2 aromatic rings. The van der Waals surface area contributed by atoms with Crippen LogP contribution in [-0.2, 0) is 4.79 Å². The molecule has 0 saturated heterocycles. The fourth-order valence-electron chi connectivity index (χ4n) is 3.03. The molecule has 1 aliphatic rings. The van der Waals surface area contributed by atoms with E-state index in [1.165, 1.54) is 6.92 Å². The van der Waals surface area contributed by atoms with Gasteiger partial charge < -0.3 is 14.8 Å². The van der Waals surface area contributed by atoms with Gasteiger partial charge in [-0.3, -0.25) is 14.4 Å². The van der Waals surface area contributed by atoms with Crippen LogP contribution in [0.25, 0.3) is 11.3 Å². The minimum atomic E-state index is -0.925. The lowest BCUT2D eigenvalue weighted by Gasteiger charge is -2.41. The van der Waals surface area contributed by atoms with Gasteiger partial charge in [-0.05, 0) is 38.3 Å². The first-order chi connectivity index (χ1) is 11.9. The minimum Gasteiger partial charge on any atom is -0.481 e. The van der Waals surface area contributed by atoms with Crippen LogP contribution in [0.5, 0.6) is 0 Å². The zero-order chi connectivity index (χ0) is 18.0. The second-order valence-corrected chi connectivity index (χ2v) is 6.46. The fraction of sp³-hybridized carbons (Fsp3) is 0.316. The van der Waals surface area contributed by atoms with Gasteiger partial charge >= 0.3 is 5.97 Å². The average molecular weight is 341 g/mol. The third kappa shape index (κ3) is 3.63. The zero-order valence-electron chi connectivity index (χ0n) is 13.9. The smallest absolute Gasteiger partial charge is 0.305 e. The summed E-state index contributed by atoms with van der Waals surface area (Å²) in [5.74, 6) is -0.697. The SMILES string of the molecule is CC(=O)c1ccc(-c2ccc(C(=O)NC3(CC(=O)O)CCC3)o2)cc1. The Balaban J connectivity index is 1.73. The largest absolute Gasteiger partial charge is 0.481 e. The third-order valence-electron chi connectivity index (χ3n) is 4.58. The van der Waals surface area contributed by atoms with Crippen LogP contribution in [-0.4, -0.2) is 28.3 Å². The number of Topliss-reactive ketones (excluding diaryl/α,β-unsaturated/α-hetero) is 1. The van der Waals surface area contributed by atoms with Crippen molar-refractivity contribution in [3.8, 4) is 11.3 Å². The molecule has 0 aliphatic heterocycles. The van der Waals surface area contributed by atoms with Crippen molar-refractivity contribution >= 4 is 17.7 Å². The first-order valence-corrected chi connectivity index (χ1v) is 8.14. The van der Waals surface area contributed by atoms with Crippen LogP contribution < -0.4 is 5.32 Å². The lowest BCUT2D eigenvalue weighted by molar-refractivity contribution is -0.139. The summed E-state index contributed by atoms with van der Waals surface area (Å²) in [7, 11) is 0. The molecule has 25 heavy (non-hydrogen) atoms. The average Bonchev–Trinajstić information content (AvgIpc) is 3.02. The number of aliphatic carboxylic acids is 1. The van der Waals surface area contributed by atoms with Gasteiger partial charge in [0.05, 0.1) is 12.0 Å². The number of amides is 1. The van der Waals surface area contributed by atoms with Gasteiger partial charge in [-0.25, -0.2) is 0 Å². The first kappa shape index (κ1) is 17.0. The van der Waals surface area contributed by atoms with Crippen molar-refractivity contribution in [2.75, 3.05) is 0 Å². The van der Waals surface area contributed by atoms with Gasteiger partial charge in [0.15, 0.2) is 11.5 Å². The van der Waals surface area contributed by atoms with Crippen molar-refractivity contribution in [1.29, 1.82) is 0 Å². The quantitative estimate of drug-likeness (QED) is 0.786. The molecular formula is C19H19NO5. The molecule has 1 aliphatic carbocycles. The van der Waals surface area contributed by atoms with E-state index in [1.807, 2.05) is 0 Å². The highest BCUT2D eigenvalue weighted by Crippen LogP contribution is 2.35. The molecule has 3 rings (SSSR count). The number of nitrogens with one attached hydrogen (secondary N) is 1. The van der Waals surface area contributed by atoms with Crippen LogP contribution in [0.15, 0.2) is 40.8 Å². The lowest BCUT2D eigenvalue weighted by Crippen LogP contribution is -2.54. The number of furan rings is 1. The second kappa shape index (κ2) is 6.55. The number of carbonyl (C=O) groups excluding carboxylic acids is 2. The highest BCUT2D eigenvalue weighted by atomic mass is 16.4. The summed E-state index contributed by atoms with van der Waals surface area (Å²) in [5.41, 5.74) is 0.695. The van der Waals surface area contributed by atoms with E-state index < -0.39 is 17.4 Å². The van der Waals surface area contributed by atoms with Gasteiger partial charge in [0.2, 0.25) is 0 Å². The Morgan fingerprint density at radius 1 is 1.12 bits per heavy atom. The molecule has 1 amide bonds.